The van der Waals surface area contributed by atoms with Gasteiger partial charge in [-0.25, -0.2) is 5.10 Å². The quantitative estimate of drug-likeness (QED) is 0.273. The maximum absolute atomic E-state index is 11.9. The van der Waals surface area contributed by atoms with Crippen LogP contribution in [0.4, 0.5) is 5.82 Å². The Morgan fingerprint density at radius 2 is 1.76 bits per heavy atom. The molecule has 0 aliphatic rings. The Morgan fingerprint density at radius 3 is 2.55 bits per heavy atom. The first-order valence-corrected chi connectivity index (χ1v) is 9.57. The van der Waals surface area contributed by atoms with Gasteiger partial charge in [-0.15, -0.1) is 0 Å². The van der Waals surface area contributed by atoms with Crippen LogP contribution in [0.25, 0.3) is 16.8 Å². The second kappa shape index (κ2) is 10.1. The van der Waals surface area contributed by atoms with Gasteiger partial charge in [0.15, 0.2) is 10.9 Å². The van der Waals surface area contributed by atoms with Crippen LogP contribution in [0.15, 0.2) is 65.5 Å². The number of rotatable bonds is 7. The van der Waals surface area contributed by atoms with Gasteiger partial charge in [-0.2, -0.15) is 5.10 Å². The summed E-state index contributed by atoms with van der Waals surface area (Å²) in [5, 5.41) is 17.0. The van der Waals surface area contributed by atoms with E-state index in [0.29, 0.717) is 24.3 Å². The van der Waals surface area contributed by atoms with Crippen molar-refractivity contribution < 1.29 is 4.79 Å². The van der Waals surface area contributed by atoms with Crippen molar-refractivity contribution in [1.82, 2.24) is 20.8 Å². The highest BCUT2D eigenvalue weighted by molar-refractivity contribution is 7.80. The van der Waals surface area contributed by atoms with Crippen molar-refractivity contribution in [3.05, 3.63) is 76.6 Å². The molecule has 0 saturated carbocycles. The first kappa shape index (κ1) is 20.2. The fourth-order valence-corrected chi connectivity index (χ4v) is 2.88. The lowest BCUT2D eigenvalue weighted by Gasteiger charge is -2.10. The molecule has 3 rings (SSSR count). The average molecular weight is 407 g/mol. The van der Waals surface area contributed by atoms with E-state index >= 15 is 0 Å². The van der Waals surface area contributed by atoms with E-state index < -0.39 is 0 Å². The van der Waals surface area contributed by atoms with E-state index in [0.717, 1.165) is 17.4 Å². The molecule has 4 N–H and O–H groups in total. The number of hydrogen-bond acceptors (Lipinski definition) is 5. The van der Waals surface area contributed by atoms with Crippen molar-refractivity contribution in [3.63, 3.8) is 0 Å². The number of benzene rings is 2. The molecule has 0 aliphatic carbocycles. The summed E-state index contributed by atoms with van der Waals surface area (Å²) in [6, 6.07) is 16.8. The zero-order chi connectivity index (χ0) is 20.5. The summed E-state index contributed by atoms with van der Waals surface area (Å²) in [6.07, 6.45) is 3.91. The molecule has 0 radical (unpaired) electrons. The van der Waals surface area contributed by atoms with E-state index in [1.165, 1.54) is 6.08 Å². The molecule has 29 heavy (non-hydrogen) atoms. The van der Waals surface area contributed by atoms with Crippen molar-refractivity contribution in [2.24, 2.45) is 0 Å². The minimum absolute atomic E-state index is 0.213. The van der Waals surface area contributed by atoms with Gasteiger partial charge in [0.05, 0.1) is 5.39 Å². The minimum atomic E-state index is -0.284. The van der Waals surface area contributed by atoms with E-state index in [2.05, 4.69) is 26.1 Å². The van der Waals surface area contributed by atoms with Crippen LogP contribution in [-0.2, 0) is 4.79 Å². The van der Waals surface area contributed by atoms with Crippen LogP contribution in [0.3, 0.4) is 0 Å². The molecule has 0 saturated heterocycles. The molecule has 8 heteroatoms. The van der Waals surface area contributed by atoms with Gasteiger partial charge in [0.25, 0.3) is 5.56 Å². The highest BCUT2D eigenvalue weighted by atomic mass is 32.1. The number of nitrogens with zero attached hydrogens (tertiary/aromatic N) is 1. The molecular formula is C21H21N5O2S. The molecule has 7 nitrogen and oxygen atoms in total. The van der Waals surface area contributed by atoms with E-state index in [4.69, 9.17) is 12.2 Å². The predicted octanol–water partition coefficient (Wildman–Crippen LogP) is 2.43. The van der Waals surface area contributed by atoms with Gasteiger partial charge in [-0.1, -0.05) is 48.5 Å². The lowest BCUT2D eigenvalue weighted by atomic mass is 10.2. The third-order valence-electron chi connectivity index (χ3n) is 4.09. The smallest absolute Gasteiger partial charge is 0.272 e. The normalized spacial score (nSPS) is 10.8. The van der Waals surface area contributed by atoms with Crippen LogP contribution in [0, 0.1) is 0 Å². The number of nitrogens with one attached hydrogen (secondary N) is 4. The summed E-state index contributed by atoms with van der Waals surface area (Å²) < 4.78 is 0. The second-order valence-corrected chi connectivity index (χ2v) is 6.62. The second-order valence-electron chi connectivity index (χ2n) is 6.22. The number of fused-ring (bicyclic) bond motifs is 1. The van der Waals surface area contributed by atoms with Gasteiger partial charge >= 0.3 is 0 Å². The number of aromatic nitrogens is 2. The molecule has 1 aromatic heterocycles. The Balaban J connectivity index is 1.39. The van der Waals surface area contributed by atoms with Crippen LogP contribution in [-0.4, -0.2) is 34.3 Å². The van der Waals surface area contributed by atoms with Gasteiger partial charge in [0, 0.05) is 24.6 Å². The maximum atomic E-state index is 11.9. The molecule has 0 atom stereocenters. The highest BCUT2D eigenvalue weighted by Gasteiger charge is 2.05. The first-order valence-electron chi connectivity index (χ1n) is 9.17. The molecule has 0 spiro atoms. The van der Waals surface area contributed by atoms with Crippen LogP contribution < -0.4 is 21.5 Å². The summed E-state index contributed by atoms with van der Waals surface area (Å²) in [6.45, 7) is 1.20. The van der Waals surface area contributed by atoms with Gasteiger partial charge in [-0.05, 0) is 36.3 Å². The zero-order valence-corrected chi connectivity index (χ0v) is 16.5. The fraction of sp³-hybridized carbons (Fsp3) is 0.143. The summed E-state index contributed by atoms with van der Waals surface area (Å²) in [4.78, 5) is 23.7. The van der Waals surface area contributed by atoms with Crippen LogP contribution in [0.5, 0.6) is 0 Å². The van der Waals surface area contributed by atoms with Crippen LogP contribution in [0.2, 0.25) is 0 Å². The molecule has 1 heterocycles. The van der Waals surface area contributed by atoms with Crippen LogP contribution in [0.1, 0.15) is 12.0 Å². The van der Waals surface area contributed by atoms with E-state index in [1.54, 1.807) is 12.1 Å². The lowest BCUT2D eigenvalue weighted by molar-refractivity contribution is -0.115. The van der Waals surface area contributed by atoms with E-state index in [9.17, 15) is 9.59 Å². The Bertz CT molecular complexity index is 1080. The third kappa shape index (κ3) is 5.98. The third-order valence-corrected chi connectivity index (χ3v) is 4.34. The van der Waals surface area contributed by atoms with Crippen molar-refractivity contribution in [3.8, 4) is 0 Å². The van der Waals surface area contributed by atoms with Crippen molar-refractivity contribution >= 4 is 45.9 Å². The van der Waals surface area contributed by atoms with Gasteiger partial charge in [-0.3, -0.25) is 14.9 Å². The highest BCUT2D eigenvalue weighted by Crippen LogP contribution is 2.16. The number of thiocarbonyl (C=S) groups is 1. The number of hydrogen-bond donors (Lipinski definition) is 4. The Labute approximate surface area is 173 Å². The topological polar surface area (TPSA) is 98.9 Å². The maximum Gasteiger partial charge on any atom is 0.272 e. The Morgan fingerprint density at radius 1 is 1.03 bits per heavy atom. The summed E-state index contributed by atoms with van der Waals surface area (Å²) in [5.74, 6) is 0.343. The summed E-state index contributed by atoms with van der Waals surface area (Å²) in [5.41, 5.74) is 0.728. The molecule has 1 amide bonds. The molecular weight excluding hydrogens is 386 g/mol. The zero-order valence-electron chi connectivity index (χ0n) is 15.6. The lowest BCUT2D eigenvalue weighted by Crippen LogP contribution is -2.39. The number of carbonyl (C=O) groups excluding carboxylic acids is 1. The number of anilines is 1. The number of aromatic amines is 1. The fourth-order valence-electron chi connectivity index (χ4n) is 2.68. The van der Waals surface area contributed by atoms with Crippen LogP contribution >= 0.6 is 12.2 Å². The van der Waals surface area contributed by atoms with Gasteiger partial charge in [0.2, 0.25) is 5.91 Å². The van der Waals surface area contributed by atoms with E-state index in [1.807, 2.05) is 48.5 Å². The molecule has 0 unspecified atom stereocenters. The minimum Gasteiger partial charge on any atom is -0.368 e. The van der Waals surface area contributed by atoms with Gasteiger partial charge < -0.3 is 10.6 Å². The molecule has 148 valence electrons. The average Bonchev–Trinajstić information content (AvgIpc) is 2.74. The SMILES string of the molecule is O=C(C=Cc1ccccc1)NC(=S)NCCCNc1n[nH]c(=O)c2ccccc12. The summed E-state index contributed by atoms with van der Waals surface area (Å²) >= 11 is 5.13. The Hall–Kier alpha value is -3.52. The number of H-pyrrole nitrogens is 1. The van der Waals surface area contributed by atoms with Crippen molar-refractivity contribution in [2.75, 3.05) is 18.4 Å². The molecule has 0 bridgehead atoms. The molecule has 0 aliphatic heterocycles. The molecule has 0 fully saturated rings. The molecule has 2 aromatic carbocycles. The molecule has 3 aromatic rings. The Kier molecular flexibility index (Phi) is 7.07. The number of amides is 1. The first-order chi connectivity index (χ1) is 14.1. The van der Waals surface area contributed by atoms with Crippen molar-refractivity contribution in [2.45, 2.75) is 6.42 Å². The summed E-state index contributed by atoms with van der Waals surface area (Å²) in [7, 11) is 0. The predicted molar refractivity (Wildman–Crippen MR) is 120 cm³/mol. The standard InChI is InChI=1S/C21H21N5O2S/c27-18(12-11-15-7-2-1-3-8-15)24-21(29)23-14-6-13-22-19-16-9-4-5-10-17(16)20(28)26-25-19/h1-5,7-12H,6,13-14H2,(H,22,25)(H,26,28)(H2,23,24,27,29). The van der Waals surface area contributed by atoms with Crippen molar-refractivity contribution in [1.29, 1.82) is 0 Å². The van der Waals surface area contributed by atoms with Gasteiger partial charge in [0.1, 0.15) is 0 Å². The number of carbonyl (C=O) groups is 1. The monoisotopic (exact) mass is 407 g/mol. The van der Waals surface area contributed by atoms with E-state index in [-0.39, 0.29) is 16.6 Å². The largest absolute Gasteiger partial charge is 0.368 e.